The molecule has 1 atom stereocenters. The summed E-state index contributed by atoms with van der Waals surface area (Å²) in [5, 5.41) is 11.2. The molecule has 44 heavy (non-hydrogen) atoms. The zero-order valence-corrected chi connectivity index (χ0v) is 24.2. The van der Waals surface area contributed by atoms with Gasteiger partial charge in [0.05, 0.1) is 16.6 Å². The summed E-state index contributed by atoms with van der Waals surface area (Å²) in [5.41, 5.74) is 6.84. The first-order valence-corrected chi connectivity index (χ1v) is 14.0. The van der Waals surface area contributed by atoms with Crippen LogP contribution in [0.5, 0.6) is 0 Å². The number of amides is 3. The van der Waals surface area contributed by atoms with Gasteiger partial charge in [0.2, 0.25) is 5.91 Å². The average Bonchev–Trinajstić information content (AvgIpc) is 3.62. The summed E-state index contributed by atoms with van der Waals surface area (Å²) in [7, 11) is 0. The Labute approximate surface area is 250 Å². The number of nitrogens with one attached hydrogen (secondary N) is 2. The third kappa shape index (κ3) is 5.01. The number of imidazole rings is 1. The second-order valence-corrected chi connectivity index (χ2v) is 12.0. The van der Waals surface area contributed by atoms with E-state index in [0.717, 1.165) is 17.6 Å². The van der Waals surface area contributed by atoms with Crippen LogP contribution in [0.2, 0.25) is 0 Å². The van der Waals surface area contributed by atoms with Gasteiger partial charge >= 0.3 is 12.2 Å². The monoisotopic (exact) mass is 605 g/mol. The lowest BCUT2D eigenvalue weighted by Gasteiger charge is -2.43. The predicted molar refractivity (Wildman–Crippen MR) is 156 cm³/mol. The lowest BCUT2D eigenvalue weighted by molar-refractivity contribution is -0.137. The molecule has 0 fully saturated rings. The standard InChI is InChI=1S/C31H30F3N7O3/c1-29(2,3)38-28(43)41-14-12-20-19(17-7-6-8-18(15-17)31(32,33)34)11-13-30(27(35)42,21(20)16-41)25-24(39-44-40-25)26-36-22-9-4-5-10-23(22)37-26/h4-11,15H,12-14,16H2,1-3H3,(H2,35,42)(H,36,37)(H,38,43). The minimum atomic E-state index is -4.54. The number of hydrogen-bond acceptors (Lipinski definition) is 6. The number of allylic oxidation sites excluding steroid dienone is 2. The van der Waals surface area contributed by atoms with Gasteiger partial charge in [0.25, 0.3) is 0 Å². The molecule has 1 aliphatic heterocycles. The van der Waals surface area contributed by atoms with Crippen molar-refractivity contribution in [3.63, 3.8) is 0 Å². The summed E-state index contributed by atoms with van der Waals surface area (Å²) in [5.74, 6) is -0.466. The zero-order chi connectivity index (χ0) is 31.4. The number of primary amides is 1. The van der Waals surface area contributed by atoms with Crippen molar-refractivity contribution in [1.29, 1.82) is 0 Å². The highest BCUT2D eigenvalue weighted by Crippen LogP contribution is 2.50. The second-order valence-electron chi connectivity index (χ2n) is 12.0. The number of urea groups is 1. The third-order valence-corrected chi connectivity index (χ3v) is 7.99. The maximum Gasteiger partial charge on any atom is 0.416 e. The molecule has 13 heteroatoms. The quantitative estimate of drug-likeness (QED) is 0.286. The SMILES string of the molecule is CC(C)(C)NC(=O)N1CCC2=C(C1)C(C(N)=O)(c1nonc1-c1nc3ccccc3[nH]1)CC=C2c1cccc(C(F)(F)F)c1. The summed E-state index contributed by atoms with van der Waals surface area (Å²) < 4.78 is 46.2. The van der Waals surface area contributed by atoms with Crippen molar-refractivity contribution in [2.24, 2.45) is 5.73 Å². The third-order valence-electron chi connectivity index (χ3n) is 7.99. The maximum absolute atomic E-state index is 13.7. The van der Waals surface area contributed by atoms with Crippen molar-refractivity contribution in [2.75, 3.05) is 13.1 Å². The van der Waals surface area contributed by atoms with Crippen LogP contribution in [-0.4, -0.2) is 55.7 Å². The molecular weight excluding hydrogens is 575 g/mol. The van der Waals surface area contributed by atoms with Crippen LogP contribution in [0.25, 0.3) is 28.1 Å². The first-order valence-electron chi connectivity index (χ1n) is 14.0. The van der Waals surface area contributed by atoms with E-state index in [1.165, 1.54) is 6.07 Å². The van der Waals surface area contributed by atoms with Gasteiger partial charge in [-0.3, -0.25) is 4.79 Å². The van der Waals surface area contributed by atoms with Crippen molar-refractivity contribution in [1.82, 2.24) is 30.5 Å². The lowest BCUT2D eigenvalue weighted by Crippen LogP contribution is -2.54. The fourth-order valence-corrected chi connectivity index (χ4v) is 5.98. The highest BCUT2D eigenvalue weighted by atomic mass is 19.4. The fraction of sp³-hybridized carbons (Fsp3) is 0.323. The van der Waals surface area contributed by atoms with Crippen molar-refractivity contribution < 1.29 is 27.4 Å². The number of benzene rings is 2. The Morgan fingerprint density at radius 2 is 1.86 bits per heavy atom. The number of para-hydroxylation sites is 2. The van der Waals surface area contributed by atoms with Gasteiger partial charge < -0.3 is 20.9 Å². The summed E-state index contributed by atoms with van der Waals surface area (Å²) in [6.07, 6.45) is -2.62. The van der Waals surface area contributed by atoms with Gasteiger partial charge in [-0.1, -0.05) is 35.5 Å². The van der Waals surface area contributed by atoms with Crippen LogP contribution in [0.15, 0.2) is 70.4 Å². The molecule has 0 spiro atoms. The normalized spacial score (nSPS) is 19.1. The minimum Gasteiger partial charge on any atom is -0.369 e. The Morgan fingerprint density at radius 3 is 2.57 bits per heavy atom. The van der Waals surface area contributed by atoms with E-state index in [9.17, 15) is 22.8 Å². The first kappa shape index (κ1) is 29.1. The molecule has 2 aromatic heterocycles. The Bertz CT molecular complexity index is 1810. The summed E-state index contributed by atoms with van der Waals surface area (Å²) in [4.78, 5) is 36.3. The second kappa shape index (κ2) is 10.4. The van der Waals surface area contributed by atoms with E-state index in [1.54, 1.807) is 17.0 Å². The zero-order valence-electron chi connectivity index (χ0n) is 24.2. The van der Waals surface area contributed by atoms with E-state index in [0.29, 0.717) is 33.6 Å². The van der Waals surface area contributed by atoms with Gasteiger partial charge in [0.15, 0.2) is 11.5 Å². The molecule has 2 aliphatic rings. The van der Waals surface area contributed by atoms with E-state index in [-0.39, 0.29) is 43.4 Å². The van der Waals surface area contributed by atoms with Gasteiger partial charge in [0, 0.05) is 18.6 Å². The van der Waals surface area contributed by atoms with Crippen LogP contribution in [0.1, 0.15) is 50.4 Å². The molecule has 3 heterocycles. The molecule has 10 nitrogen and oxygen atoms in total. The molecule has 1 aliphatic carbocycles. The Kier molecular flexibility index (Phi) is 6.86. The Morgan fingerprint density at radius 1 is 1.09 bits per heavy atom. The number of aromatic nitrogens is 4. The Hall–Kier alpha value is -4.94. The Balaban J connectivity index is 1.52. The molecular formula is C31H30F3N7O3. The van der Waals surface area contributed by atoms with Crippen LogP contribution in [0.4, 0.5) is 18.0 Å². The van der Waals surface area contributed by atoms with Crippen molar-refractivity contribution >= 4 is 28.5 Å². The molecule has 4 aromatic rings. The van der Waals surface area contributed by atoms with Crippen LogP contribution in [0.3, 0.4) is 0 Å². The minimum absolute atomic E-state index is 0.0249. The number of rotatable bonds is 4. The number of carbonyl (C=O) groups excluding carboxylic acids is 2. The maximum atomic E-state index is 13.7. The number of H-pyrrole nitrogens is 1. The van der Waals surface area contributed by atoms with Crippen LogP contribution >= 0.6 is 0 Å². The smallest absolute Gasteiger partial charge is 0.369 e. The van der Waals surface area contributed by atoms with Crippen LogP contribution in [-0.2, 0) is 16.4 Å². The van der Waals surface area contributed by atoms with E-state index in [1.807, 2.05) is 45.0 Å². The summed E-state index contributed by atoms with van der Waals surface area (Å²) in [6, 6.07) is 12.0. The molecule has 0 bridgehead atoms. The van der Waals surface area contributed by atoms with Gasteiger partial charge in [-0.25, -0.2) is 14.4 Å². The van der Waals surface area contributed by atoms with Gasteiger partial charge in [0.1, 0.15) is 11.1 Å². The molecule has 6 rings (SSSR count). The number of fused-ring (bicyclic) bond motifs is 1. The number of nitrogens with zero attached hydrogens (tertiary/aromatic N) is 4. The number of hydrogen-bond donors (Lipinski definition) is 3. The summed E-state index contributed by atoms with van der Waals surface area (Å²) in [6.45, 7) is 5.79. The first-order chi connectivity index (χ1) is 20.8. The van der Waals surface area contributed by atoms with Crippen LogP contribution in [0, 0.1) is 0 Å². The molecule has 0 saturated heterocycles. The van der Waals surface area contributed by atoms with E-state index in [2.05, 4.69) is 25.6 Å². The molecule has 1 unspecified atom stereocenters. The number of carbonyl (C=O) groups is 2. The highest BCUT2D eigenvalue weighted by molar-refractivity contribution is 5.97. The lowest BCUT2D eigenvalue weighted by atomic mass is 9.65. The molecule has 228 valence electrons. The van der Waals surface area contributed by atoms with Gasteiger partial charge in [-0.05, 0) is 85.3 Å². The fourth-order valence-electron chi connectivity index (χ4n) is 5.98. The molecule has 2 aromatic carbocycles. The average molecular weight is 606 g/mol. The number of alkyl halides is 3. The molecule has 0 radical (unpaired) electrons. The number of aromatic amines is 1. The largest absolute Gasteiger partial charge is 0.416 e. The molecule has 0 saturated carbocycles. The highest BCUT2D eigenvalue weighted by Gasteiger charge is 2.52. The van der Waals surface area contributed by atoms with E-state index in [4.69, 9.17) is 10.4 Å². The number of nitrogens with two attached hydrogens (primary N) is 1. The number of halogens is 3. The van der Waals surface area contributed by atoms with Gasteiger partial charge in [-0.2, -0.15) is 13.2 Å². The molecule has 3 amide bonds. The van der Waals surface area contributed by atoms with Crippen molar-refractivity contribution in [3.8, 4) is 11.5 Å². The van der Waals surface area contributed by atoms with Gasteiger partial charge in [-0.15, -0.1) is 0 Å². The van der Waals surface area contributed by atoms with E-state index >= 15 is 0 Å². The van der Waals surface area contributed by atoms with E-state index < -0.39 is 28.6 Å². The van der Waals surface area contributed by atoms with Crippen molar-refractivity contribution in [3.05, 3.63) is 82.6 Å². The summed E-state index contributed by atoms with van der Waals surface area (Å²) >= 11 is 0. The predicted octanol–water partition coefficient (Wildman–Crippen LogP) is 5.35. The van der Waals surface area contributed by atoms with Crippen molar-refractivity contribution in [2.45, 2.75) is 50.7 Å². The van der Waals surface area contributed by atoms with Crippen LogP contribution < -0.4 is 11.1 Å². The molecule has 4 N–H and O–H groups in total. The topological polar surface area (TPSA) is 143 Å².